The maximum absolute atomic E-state index is 5.95. The molecule has 1 aliphatic rings. The Kier molecular flexibility index (Phi) is 3.03. The van der Waals surface area contributed by atoms with Crippen LogP contribution in [0.15, 0.2) is 24.3 Å². The number of anilines is 2. The van der Waals surface area contributed by atoms with Crippen LogP contribution in [0.2, 0.25) is 5.28 Å². The molecule has 2 aromatic rings. The zero-order valence-electron chi connectivity index (χ0n) is 10.7. The topological polar surface area (TPSA) is 63.8 Å². The van der Waals surface area contributed by atoms with E-state index in [2.05, 4.69) is 39.6 Å². The van der Waals surface area contributed by atoms with E-state index >= 15 is 0 Å². The van der Waals surface area contributed by atoms with E-state index in [0.29, 0.717) is 23.1 Å². The molecule has 5 heteroatoms. The maximum Gasteiger partial charge on any atom is 0.224 e. The molecule has 0 bridgehead atoms. The molecule has 1 aliphatic carbocycles. The van der Waals surface area contributed by atoms with Gasteiger partial charge in [0.25, 0.3) is 0 Å². The molecule has 0 spiro atoms. The Hall–Kier alpha value is -1.81. The van der Waals surface area contributed by atoms with Crippen LogP contribution in [0.3, 0.4) is 0 Å². The first-order chi connectivity index (χ1) is 9.15. The number of aryl methyl sites for hydroxylation is 1. The van der Waals surface area contributed by atoms with Crippen molar-refractivity contribution < 1.29 is 0 Å². The molecule has 0 fully saturated rings. The van der Waals surface area contributed by atoms with E-state index in [0.717, 1.165) is 13.0 Å². The fourth-order valence-electron chi connectivity index (χ4n) is 2.45. The van der Waals surface area contributed by atoms with E-state index in [9.17, 15) is 0 Å². The Balaban J connectivity index is 1.72. The second kappa shape index (κ2) is 4.70. The lowest BCUT2D eigenvalue weighted by atomic mass is 9.77. The van der Waals surface area contributed by atoms with E-state index in [4.69, 9.17) is 17.3 Å². The molecule has 0 saturated carbocycles. The lowest BCUT2D eigenvalue weighted by Gasteiger charge is -2.30. The number of aromatic nitrogens is 2. The van der Waals surface area contributed by atoms with Crippen LogP contribution < -0.4 is 11.1 Å². The van der Waals surface area contributed by atoms with E-state index < -0.39 is 0 Å². The summed E-state index contributed by atoms with van der Waals surface area (Å²) in [5.41, 5.74) is 10.1. The number of hydrogen-bond donors (Lipinski definition) is 2. The highest BCUT2D eigenvalue weighted by Crippen LogP contribution is 2.35. The first kappa shape index (κ1) is 12.2. The van der Waals surface area contributed by atoms with Crippen LogP contribution in [0.1, 0.15) is 22.7 Å². The highest BCUT2D eigenvalue weighted by molar-refractivity contribution is 6.28. The Morgan fingerprint density at radius 1 is 1.37 bits per heavy atom. The minimum Gasteiger partial charge on any atom is -0.394 e. The maximum atomic E-state index is 5.95. The van der Waals surface area contributed by atoms with Crippen LogP contribution in [-0.4, -0.2) is 16.5 Å². The summed E-state index contributed by atoms with van der Waals surface area (Å²) in [5, 5.41) is 3.50. The van der Waals surface area contributed by atoms with Gasteiger partial charge in [0.1, 0.15) is 0 Å². The summed E-state index contributed by atoms with van der Waals surface area (Å²) >= 11 is 5.85. The van der Waals surface area contributed by atoms with Gasteiger partial charge in [0, 0.05) is 12.5 Å². The predicted molar refractivity (Wildman–Crippen MR) is 77.6 cm³/mol. The molecular formula is C14H15ClN4. The first-order valence-corrected chi connectivity index (χ1v) is 6.64. The van der Waals surface area contributed by atoms with E-state index in [-0.39, 0.29) is 5.28 Å². The van der Waals surface area contributed by atoms with E-state index in [1.165, 1.54) is 11.1 Å². The Morgan fingerprint density at radius 3 is 2.95 bits per heavy atom. The summed E-state index contributed by atoms with van der Waals surface area (Å²) in [5.74, 6) is 1.14. The van der Waals surface area contributed by atoms with Crippen LogP contribution in [-0.2, 0) is 6.42 Å². The molecule has 1 heterocycles. The van der Waals surface area contributed by atoms with Crippen molar-refractivity contribution >= 4 is 23.1 Å². The largest absolute Gasteiger partial charge is 0.394 e. The average Bonchev–Trinajstić information content (AvgIpc) is 2.36. The monoisotopic (exact) mass is 274 g/mol. The van der Waals surface area contributed by atoms with Gasteiger partial charge in [0.2, 0.25) is 5.28 Å². The summed E-state index contributed by atoms with van der Waals surface area (Å²) in [7, 11) is 0. The van der Waals surface area contributed by atoms with Crippen molar-refractivity contribution in [1.82, 2.24) is 9.97 Å². The number of rotatable bonds is 3. The van der Waals surface area contributed by atoms with Gasteiger partial charge in [-0.25, -0.2) is 4.98 Å². The zero-order chi connectivity index (χ0) is 13.4. The third kappa shape index (κ3) is 2.24. The number of nitrogens with one attached hydrogen (secondary N) is 1. The summed E-state index contributed by atoms with van der Waals surface area (Å²) in [6.45, 7) is 2.64. The highest BCUT2D eigenvalue weighted by atomic mass is 35.5. The molecule has 0 radical (unpaired) electrons. The van der Waals surface area contributed by atoms with Crippen LogP contribution in [0.4, 0.5) is 11.5 Å². The summed E-state index contributed by atoms with van der Waals surface area (Å²) in [4.78, 5) is 8.16. The van der Waals surface area contributed by atoms with Crippen LogP contribution in [0.25, 0.3) is 0 Å². The van der Waals surface area contributed by atoms with Gasteiger partial charge >= 0.3 is 0 Å². The minimum atomic E-state index is 0.225. The van der Waals surface area contributed by atoms with E-state index in [1.54, 1.807) is 0 Å². The summed E-state index contributed by atoms with van der Waals surface area (Å²) < 4.78 is 0. The zero-order valence-corrected chi connectivity index (χ0v) is 11.4. The molecule has 1 aromatic heterocycles. The minimum absolute atomic E-state index is 0.225. The predicted octanol–water partition coefficient (Wildman–Crippen LogP) is 2.77. The van der Waals surface area contributed by atoms with Crippen molar-refractivity contribution in [1.29, 1.82) is 0 Å². The van der Waals surface area contributed by atoms with Gasteiger partial charge in [-0.05, 0) is 36.1 Å². The number of hydrogen-bond acceptors (Lipinski definition) is 4. The Bertz CT molecular complexity index is 627. The molecule has 0 saturated heterocycles. The summed E-state index contributed by atoms with van der Waals surface area (Å²) in [6, 6.07) is 8.50. The Labute approximate surface area is 117 Å². The number of benzene rings is 1. The third-order valence-electron chi connectivity index (χ3n) is 3.59. The number of fused-ring (bicyclic) bond motifs is 1. The van der Waals surface area contributed by atoms with Gasteiger partial charge in [-0.3, -0.25) is 0 Å². The van der Waals surface area contributed by atoms with Gasteiger partial charge in [-0.2, -0.15) is 4.98 Å². The molecular weight excluding hydrogens is 260 g/mol. The quantitative estimate of drug-likeness (QED) is 0.845. The lowest BCUT2D eigenvalue weighted by Crippen LogP contribution is -2.25. The van der Waals surface area contributed by atoms with Crippen molar-refractivity contribution in [2.45, 2.75) is 19.3 Å². The van der Waals surface area contributed by atoms with Crippen molar-refractivity contribution in [2.75, 3.05) is 17.6 Å². The molecule has 1 unspecified atom stereocenters. The van der Waals surface area contributed by atoms with Gasteiger partial charge in [-0.15, -0.1) is 0 Å². The number of nitrogens with two attached hydrogens (primary N) is 1. The molecule has 98 valence electrons. The number of nitrogen functional groups attached to an aromatic ring is 1. The van der Waals surface area contributed by atoms with Crippen molar-refractivity contribution in [2.24, 2.45) is 0 Å². The van der Waals surface area contributed by atoms with Gasteiger partial charge in [0.15, 0.2) is 5.82 Å². The molecule has 0 amide bonds. The Morgan fingerprint density at radius 2 is 2.16 bits per heavy atom. The normalized spacial score (nSPS) is 16.6. The highest BCUT2D eigenvalue weighted by Gasteiger charge is 2.25. The molecule has 4 nitrogen and oxygen atoms in total. The van der Waals surface area contributed by atoms with Crippen LogP contribution in [0, 0.1) is 6.92 Å². The number of halogens is 1. The van der Waals surface area contributed by atoms with Crippen LogP contribution >= 0.6 is 11.6 Å². The second-order valence-corrected chi connectivity index (χ2v) is 5.16. The van der Waals surface area contributed by atoms with Crippen molar-refractivity contribution in [3.05, 3.63) is 46.4 Å². The summed E-state index contributed by atoms with van der Waals surface area (Å²) in [6.07, 6.45) is 1.10. The number of nitrogens with zero attached hydrogens (tertiary/aromatic N) is 2. The van der Waals surface area contributed by atoms with E-state index in [1.807, 2.05) is 6.92 Å². The van der Waals surface area contributed by atoms with Crippen LogP contribution in [0.5, 0.6) is 0 Å². The fourth-order valence-corrected chi connectivity index (χ4v) is 2.66. The van der Waals surface area contributed by atoms with Crippen molar-refractivity contribution in [3.63, 3.8) is 0 Å². The fraction of sp³-hybridized carbons (Fsp3) is 0.286. The molecule has 1 aromatic carbocycles. The van der Waals surface area contributed by atoms with Crippen molar-refractivity contribution in [3.8, 4) is 0 Å². The SMILES string of the molecule is Cc1nc(Cl)nc(NCC2Cc3ccccc32)c1N. The molecule has 3 rings (SSSR count). The van der Waals surface area contributed by atoms with Gasteiger partial charge < -0.3 is 11.1 Å². The molecule has 0 aliphatic heterocycles. The third-order valence-corrected chi connectivity index (χ3v) is 3.76. The van der Waals surface area contributed by atoms with Gasteiger partial charge in [0.05, 0.1) is 11.4 Å². The first-order valence-electron chi connectivity index (χ1n) is 6.26. The van der Waals surface area contributed by atoms with Gasteiger partial charge in [-0.1, -0.05) is 24.3 Å². The molecule has 3 N–H and O–H groups in total. The molecule has 1 atom stereocenters. The lowest BCUT2D eigenvalue weighted by molar-refractivity contribution is 0.634. The smallest absolute Gasteiger partial charge is 0.224 e. The average molecular weight is 275 g/mol. The standard InChI is InChI=1S/C14H15ClN4/c1-8-12(16)13(19-14(15)18-8)17-7-10-6-9-4-2-3-5-11(9)10/h2-5,10H,6-7,16H2,1H3,(H,17,18,19). The second-order valence-electron chi connectivity index (χ2n) is 4.82. The molecule has 19 heavy (non-hydrogen) atoms.